The first-order valence-corrected chi connectivity index (χ1v) is 7.35. The second-order valence-corrected chi connectivity index (χ2v) is 5.59. The largest absolute Gasteiger partial charge is 0.465 e. The molecular weight excluding hydrogens is 270 g/mol. The Balaban J connectivity index is 1.71. The molecule has 1 aromatic carbocycles. The number of ether oxygens (including phenoxy) is 3. The molecule has 1 aromatic rings. The van der Waals surface area contributed by atoms with E-state index in [0.717, 1.165) is 37.2 Å². The highest BCUT2D eigenvalue weighted by atomic mass is 16.7. The van der Waals surface area contributed by atoms with Gasteiger partial charge in [-0.05, 0) is 30.7 Å². The van der Waals surface area contributed by atoms with Crippen LogP contribution in [0.5, 0.6) is 0 Å². The summed E-state index contributed by atoms with van der Waals surface area (Å²) in [6.07, 6.45) is 1.76. The molecule has 21 heavy (non-hydrogen) atoms. The molecular formula is C16H21NO4. The molecule has 0 radical (unpaired) electrons. The summed E-state index contributed by atoms with van der Waals surface area (Å²) in [4.78, 5) is 13.9. The van der Waals surface area contributed by atoms with Gasteiger partial charge in [0, 0.05) is 31.6 Å². The predicted molar refractivity (Wildman–Crippen MR) is 78.6 cm³/mol. The lowest BCUT2D eigenvalue weighted by Crippen LogP contribution is -2.45. The third kappa shape index (κ3) is 2.76. The molecule has 2 fully saturated rings. The van der Waals surface area contributed by atoms with Gasteiger partial charge in [-0.25, -0.2) is 4.79 Å². The Kier molecular flexibility index (Phi) is 3.87. The van der Waals surface area contributed by atoms with Crippen molar-refractivity contribution in [3.8, 4) is 0 Å². The van der Waals surface area contributed by atoms with Crippen LogP contribution in [-0.2, 0) is 14.2 Å². The van der Waals surface area contributed by atoms with E-state index in [0.29, 0.717) is 18.8 Å². The molecule has 5 heteroatoms. The highest BCUT2D eigenvalue weighted by molar-refractivity contribution is 5.91. The van der Waals surface area contributed by atoms with Gasteiger partial charge in [-0.2, -0.15) is 0 Å². The zero-order chi connectivity index (χ0) is 14.9. The summed E-state index contributed by atoms with van der Waals surface area (Å²) in [6.45, 7) is 5.14. The third-order valence-corrected chi connectivity index (χ3v) is 4.32. The second kappa shape index (κ2) is 5.66. The predicted octanol–water partition coefficient (Wildman–Crippen LogP) is 2.12. The summed E-state index contributed by atoms with van der Waals surface area (Å²) < 4.78 is 16.3. The fourth-order valence-corrected chi connectivity index (χ4v) is 3.07. The van der Waals surface area contributed by atoms with E-state index >= 15 is 0 Å². The average Bonchev–Trinajstić information content (AvgIpc) is 2.95. The summed E-state index contributed by atoms with van der Waals surface area (Å²) in [5, 5.41) is 0. The molecule has 0 aliphatic carbocycles. The average molecular weight is 291 g/mol. The standard InChI is InChI=1S/C16H21NO4/c1-12-11-13(3-4-14(12)15(18)19-2)17-7-5-16(6-8-17)20-9-10-21-16/h3-4,11H,5-10H2,1-2H3. The number of benzene rings is 1. The zero-order valence-electron chi connectivity index (χ0n) is 12.6. The molecule has 0 bridgehead atoms. The molecule has 0 amide bonds. The SMILES string of the molecule is COC(=O)c1ccc(N2CCC3(CC2)OCCO3)cc1C. The van der Waals surface area contributed by atoms with Crippen LogP contribution in [0, 0.1) is 6.92 Å². The number of hydrogen-bond donors (Lipinski definition) is 0. The van der Waals surface area contributed by atoms with Crippen LogP contribution in [-0.4, -0.2) is 45.2 Å². The van der Waals surface area contributed by atoms with Gasteiger partial charge in [0.2, 0.25) is 0 Å². The van der Waals surface area contributed by atoms with Crippen molar-refractivity contribution >= 4 is 11.7 Å². The molecule has 3 rings (SSSR count). The lowest BCUT2D eigenvalue weighted by Gasteiger charge is -2.38. The number of carbonyl (C=O) groups is 1. The van der Waals surface area contributed by atoms with Crippen molar-refractivity contribution in [2.45, 2.75) is 25.6 Å². The Labute approximate surface area is 124 Å². The minimum Gasteiger partial charge on any atom is -0.465 e. The van der Waals surface area contributed by atoms with Crippen LogP contribution in [0.25, 0.3) is 0 Å². The van der Waals surface area contributed by atoms with E-state index in [-0.39, 0.29) is 11.8 Å². The van der Waals surface area contributed by atoms with Crippen LogP contribution in [0.2, 0.25) is 0 Å². The minimum atomic E-state index is -0.350. The first-order valence-electron chi connectivity index (χ1n) is 7.35. The van der Waals surface area contributed by atoms with E-state index in [1.165, 1.54) is 7.11 Å². The molecule has 0 unspecified atom stereocenters. The van der Waals surface area contributed by atoms with E-state index in [4.69, 9.17) is 14.2 Å². The Bertz CT molecular complexity index is 527. The van der Waals surface area contributed by atoms with Crippen LogP contribution in [0.1, 0.15) is 28.8 Å². The highest BCUT2D eigenvalue weighted by Crippen LogP contribution is 2.33. The molecule has 1 spiro atoms. The number of piperidine rings is 1. The molecule has 2 aliphatic heterocycles. The van der Waals surface area contributed by atoms with Crippen LogP contribution >= 0.6 is 0 Å². The molecule has 0 N–H and O–H groups in total. The van der Waals surface area contributed by atoms with E-state index in [1.807, 2.05) is 25.1 Å². The maximum Gasteiger partial charge on any atom is 0.338 e. The Morgan fingerprint density at radius 3 is 2.48 bits per heavy atom. The van der Waals surface area contributed by atoms with Crippen LogP contribution in [0.3, 0.4) is 0 Å². The number of rotatable bonds is 2. The maximum absolute atomic E-state index is 11.6. The van der Waals surface area contributed by atoms with E-state index < -0.39 is 0 Å². The number of anilines is 1. The van der Waals surface area contributed by atoms with Crippen LogP contribution < -0.4 is 4.90 Å². The first-order chi connectivity index (χ1) is 10.1. The van der Waals surface area contributed by atoms with Gasteiger partial charge in [0.25, 0.3) is 0 Å². The Morgan fingerprint density at radius 1 is 1.24 bits per heavy atom. The van der Waals surface area contributed by atoms with Crippen molar-refractivity contribution in [1.29, 1.82) is 0 Å². The van der Waals surface area contributed by atoms with Gasteiger partial charge in [-0.1, -0.05) is 0 Å². The summed E-state index contributed by atoms with van der Waals surface area (Å²) in [5.41, 5.74) is 2.69. The summed E-state index contributed by atoms with van der Waals surface area (Å²) in [7, 11) is 1.40. The normalized spacial score (nSPS) is 20.8. The van der Waals surface area contributed by atoms with Gasteiger partial charge in [-0.15, -0.1) is 0 Å². The van der Waals surface area contributed by atoms with Crippen molar-refractivity contribution in [3.05, 3.63) is 29.3 Å². The zero-order valence-corrected chi connectivity index (χ0v) is 12.6. The van der Waals surface area contributed by atoms with Crippen molar-refractivity contribution in [3.63, 3.8) is 0 Å². The number of aryl methyl sites for hydroxylation is 1. The second-order valence-electron chi connectivity index (χ2n) is 5.59. The molecule has 0 saturated carbocycles. The molecule has 2 aliphatic rings. The number of esters is 1. The number of carbonyl (C=O) groups excluding carboxylic acids is 1. The molecule has 5 nitrogen and oxygen atoms in total. The molecule has 114 valence electrons. The number of hydrogen-bond acceptors (Lipinski definition) is 5. The van der Waals surface area contributed by atoms with Gasteiger partial charge >= 0.3 is 5.97 Å². The van der Waals surface area contributed by atoms with Gasteiger partial charge in [0.1, 0.15) is 0 Å². The maximum atomic E-state index is 11.6. The van der Waals surface area contributed by atoms with Gasteiger partial charge in [0.05, 0.1) is 25.9 Å². The Morgan fingerprint density at radius 2 is 1.90 bits per heavy atom. The van der Waals surface area contributed by atoms with Gasteiger partial charge < -0.3 is 19.1 Å². The molecule has 2 saturated heterocycles. The van der Waals surface area contributed by atoms with Crippen LogP contribution in [0.4, 0.5) is 5.69 Å². The molecule has 0 aromatic heterocycles. The smallest absolute Gasteiger partial charge is 0.338 e. The van der Waals surface area contributed by atoms with Crippen molar-refractivity contribution in [2.75, 3.05) is 38.3 Å². The summed E-state index contributed by atoms with van der Waals surface area (Å²) >= 11 is 0. The lowest BCUT2D eigenvalue weighted by atomic mass is 10.0. The van der Waals surface area contributed by atoms with Crippen molar-refractivity contribution in [1.82, 2.24) is 0 Å². The number of methoxy groups -OCH3 is 1. The first kappa shape index (κ1) is 14.4. The monoisotopic (exact) mass is 291 g/mol. The van der Waals surface area contributed by atoms with Crippen molar-refractivity contribution in [2.24, 2.45) is 0 Å². The van der Waals surface area contributed by atoms with Gasteiger partial charge in [-0.3, -0.25) is 0 Å². The van der Waals surface area contributed by atoms with E-state index in [1.54, 1.807) is 0 Å². The number of nitrogens with zero attached hydrogens (tertiary/aromatic N) is 1. The summed E-state index contributed by atoms with van der Waals surface area (Å²) in [6, 6.07) is 5.86. The van der Waals surface area contributed by atoms with Gasteiger partial charge in [0.15, 0.2) is 5.79 Å². The van der Waals surface area contributed by atoms with Crippen LogP contribution in [0.15, 0.2) is 18.2 Å². The van der Waals surface area contributed by atoms with E-state index in [2.05, 4.69) is 4.90 Å². The lowest BCUT2D eigenvalue weighted by molar-refractivity contribution is -0.169. The quantitative estimate of drug-likeness (QED) is 0.781. The highest BCUT2D eigenvalue weighted by Gasteiger charge is 2.39. The fraction of sp³-hybridized carbons (Fsp3) is 0.562. The molecule has 0 atom stereocenters. The third-order valence-electron chi connectivity index (χ3n) is 4.32. The molecule has 2 heterocycles. The summed E-state index contributed by atoms with van der Waals surface area (Å²) in [5.74, 6) is -0.637. The fourth-order valence-electron chi connectivity index (χ4n) is 3.07. The Hall–Kier alpha value is -1.59. The van der Waals surface area contributed by atoms with Crippen molar-refractivity contribution < 1.29 is 19.0 Å². The van der Waals surface area contributed by atoms with E-state index in [9.17, 15) is 4.79 Å². The topological polar surface area (TPSA) is 48.0 Å². The minimum absolute atomic E-state index is 0.288.